The second-order valence-electron chi connectivity index (χ2n) is 6.89. The molecule has 0 atom stereocenters. The Hall–Kier alpha value is -2.75. The van der Waals surface area contributed by atoms with Crippen LogP contribution in [0.15, 0.2) is 54.6 Å². The fourth-order valence-electron chi connectivity index (χ4n) is 3.36. The summed E-state index contributed by atoms with van der Waals surface area (Å²) in [6.45, 7) is 4.10. The molecule has 1 aliphatic rings. The van der Waals surface area contributed by atoms with Gasteiger partial charge in [-0.1, -0.05) is 35.9 Å². The van der Waals surface area contributed by atoms with Crippen molar-refractivity contribution in [1.82, 2.24) is 15.2 Å². The molecule has 1 fully saturated rings. The number of pyridine rings is 1. The van der Waals surface area contributed by atoms with Crippen LogP contribution in [0.3, 0.4) is 0 Å². The van der Waals surface area contributed by atoms with Gasteiger partial charge in [-0.15, -0.1) is 10.2 Å². The number of rotatable bonds is 4. The van der Waals surface area contributed by atoms with Gasteiger partial charge in [0.25, 0.3) is 0 Å². The first kappa shape index (κ1) is 15.8. The third-order valence-electron chi connectivity index (χ3n) is 4.99. The number of benzene rings is 1. The smallest absolute Gasteiger partial charge is 0.149 e. The molecule has 2 aromatic heterocycles. The first-order valence-corrected chi connectivity index (χ1v) is 8.78. The molecule has 0 amide bonds. The molecule has 0 radical (unpaired) electrons. The van der Waals surface area contributed by atoms with Gasteiger partial charge in [-0.3, -0.25) is 4.98 Å². The normalized spacial score (nSPS) is 15.4. The molecule has 3 aromatic rings. The van der Waals surface area contributed by atoms with Crippen LogP contribution in [0.1, 0.15) is 36.1 Å². The molecule has 126 valence electrons. The zero-order valence-electron chi connectivity index (χ0n) is 14.7. The summed E-state index contributed by atoms with van der Waals surface area (Å²) in [5.74, 6) is 0.816. The number of nitrogens with zero attached hydrogens (tertiary/aromatic N) is 3. The molecule has 1 aromatic carbocycles. The third kappa shape index (κ3) is 3.12. The maximum absolute atomic E-state index is 4.51. The van der Waals surface area contributed by atoms with Crippen LogP contribution < -0.4 is 5.32 Å². The topological polar surface area (TPSA) is 50.7 Å². The first-order chi connectivity index (χ1) is 12.1. The molecule has 25 heavy (non-hydrogen) atoms. The van der Waals surface area contributed by atoms with E-state index in [2.05, 4.69) is 51.7 Å². The van der Waals surface area contributed by atoms with E-state index in [1.54, 1.807) is 0 Å². The summed E-state index contributed by atoms with van der Waals surface area (Å²) in [7, 11) is 0. The standard InChI is InChI=1S/C21H22N4/c1-15-7-9-17(10-8-15)21(13-4-14-21)23-20-12-11-19(24-25-20)18-6-3-5-16(2)22-18/h3,5-12H,4,13-14H2,1-2H3,(H,23,25). The van der Waals surface area contributed by atoms with Crippen molar-refractivity contribution in [3.8, 4) is 11.4 Å². The molecule has 0 spiro atoms. The Labute approximate surface area is 148 Å². The van der Waals surface area contributed by atoms with E-state index in [9.17, 15) is 0 Å². The minimum atomic E-state index is -0.00845. The van der Waals surface area contributed by atoms with Gasteiger partial charge in [0.1, 0.15) is 11.5 Å². The summed E-state index contributed by atoms with van der Waals surface area (Å²) < 4.78 is 0. The van der Waals surface area contributed by atoms with Gasteiger partial charge >= 0.3 is 0 Å². The van der Waals surface area contributed by atoms with Gasteiger partial charge in [0.2, 0.25) is 0 Å². The first-order valence-electron chi connectivity index (χ1n) is 8.78. The number of anilines is 1. The molecule has 4 heteroatoms. The van der Waals surface area contributed by atoms with Gasteiger partial charge in [0.05, 0.1) is 11.2 Å². The predicted molar refractivity (Wildman–Crippen MR) is 100 cm³/mol. The molecule has 0 unspecified atom stereocenters. The predicted octanol–water partition coefficient (Wildman–Crippen LogP) is 4.65. The lowest BCUT2D eigenvalue weighted by molar-refractivity contribution is 0.283. The van der Waals surface area contributed by atoms with Crippen LogP contribution in [0.25, 0.3) is 11.4 Å². The van der Waals surface area contributed by atoms with Gasteiger partial charge in [0.15, 0.2) is 0 Å². The van der Waals surface area contributed by atoms with Crippen molar-refractivity contribution in [2.24, 2.45) is 0 Å². The highest BCUT2D eigenvalue weighted by atomic mass is 15.2. The monoisotopic (exact) mass is 330 g/mol. The Morgan fingerprint density at radius 3 is 2.24 bits per heavy atom. The van der Waals surface area contributed by atoms with E-state index in [4.69, 9.17) is 0 Å². The highest BCUT2D eigenvalue weighted by Crippen LogP contribution is 2.43. The van der Waals surface area contributed by atoms with Crippen LogP contribution in [-0.4, -0.2) is 15.2 Å². The zero-order valence-corrected chi connectivity index (χ0v) is 14.7. The Kier molecular flexibility index (Phi) is 3.96. The molecule has 1 saturated carbocycles. The number of aromatic nitrogens is 3. The van der Waals surface area contributed by atoms with E-state index >= 15 is 0 Å². The van der Waals surface area contributed by atoms with Gasteiger partial charge in [-0.05, 0) is 62.9 Å². The summed E-state index contributed by atoms with van der Waals surface area (Å²) in [5, 5.41) is 12.4. The summed E-state index contributed by atoms with van der Waals surface area (Å²) in [5.41, 5.74) is 5.24. The van der Waals surface area contributed by atoms with E-state index in [1.165, 1.54) is 17.5 Å². The molecule has 1 N–H and O–H groups in total. The number of aryl methyl sites for hydroxylation is 2. The minimum Gasteiger partial charge on any atom is -0.359 e. The fraction of sp³-hybridized carbons (Fsp3) is 0.286. The van der Waals surface area contributed by atoms with Crippen LogP contribution in [0.5, 0.6) is 0 Å². The molecule has 0 aliphatic heterocycles. The highest BCUT2D eigenvalue weighted by Gasteiger charge is 2.38. The highest BCUT2D eigenvalue weighted by molar-refractivity contribution is 5.55. The van der Waals surface area contributed by atoms with Crippen LogP contribution in [0, 0.1) is 13.8 Å². The Balaban J connectivity index is 1.57. The van der Waals surface area contributed by atoms with E-state index in [0.717, 1.165) is 35.7 Å². The van der Waals surface area contributed by atoms with Gasteiger partial charge in [-0.2, -0.15) is 0 Å². The molecular weight excluding hydrogens is 308 g/mol. The van der Waals surface area contributed by atoms with Crippen molar-refractivity contribution in [3.63, 3.8) is 0 Å². The van der Waals surface area contributed by atoms with Crippen molar-refractivity contribution in [2.75, 3.05) is 5.32 Å². The number of hydrogen-bond acceptors (Lipinski definition) is 4. The summed E-state index contributed by atoms with van der Waals surface area (Å²) in [6.07, 6.45) is 3.48. The van der Waals surface area contributed by atoms with E-state index in [1.807, 2.05) is 37.3 Å². The van der Waals surface area contributed by atoms with E-state index < -0.39 is 0 Å². The largest absolute Gasteiger partial charge is 0.359 e. The van der Waals surface area contributed by atoms with Crippen LogP contribution in [-0.2, 0) is 5.54 Å². The van der Waals surface area contributed by atoms with Gasteiger partial charge in [0, 0.05) is 5.69 Å². The summed E-state index contributed by atoms with van der Waals surface area (Å²) >= 11 is 0. The Morgan fingerprint density at radius 1 is 0.840 bits per heavy atom. The molecule has 2 heterocycles. The lowest BCUT2D eigenvalue weighted by Crippen LogP contribution is -2.42. The lowest BCUT2D eigenvalue weighted by Gasteiger charge is -2.43. The van der Waals surface area contributed by atoms with Crippen molar-refractivity contribution in [2.45, 2.75) is 38.6 Å². The maximum atomic E-state index is 4.51. The number of nitrogens with one attached hydrogen (secondary N) is 1. The molecule has 1 aliphatic carbocycles. The molecular formula is C21H22N4. The average molecular weight is 330 g/mol. The van der Waals surface area contributed by atoms with Crippen molar-refractivity contribution < 1.29 is 0 Å². The van der Waals surface area contributed by atoms with Gasteiger partial charge in [-0.25, -0.2) is 0 Å². The molecule has 4 nitrogen and oxygen atoms in total. The van der Waals surface area contributed by atoms with Gasteiger partial charge < -0.3 is 5.32 Å². The summed E-state index contributed by atoms with van der Waals surface area (Å²) in [4.78, 5) is 4.51. The SMILES string of the molecule is Cc1ccc(C2(Nc3ccc(-c4cccc(C)n4)nn3)CCC2)cc1. The van der Waals surface area contributed by atoms with Crippen molar-refractivity contribution >= 4 is 5.82 Å². The Bertz CT molecular complexity index is 865. The second-order valence-corrected chi connectivity index (χ2v) is 6.89. The average Bonchev–Trinajstić information content (AvgIpc) is 2.60. The van der Waals surface area contributed by atoms with E-state index in [0.29, 0.717) is 0 Å². The van der Waals surface area contributed by atoms with Crippen LogP contribution >= 0.6 is 0 Å². The maximum Gasteiger partial charge on any atom is 0.149 e. The minimum absolute atomic E-state index is 0.00845. The van der Waals surface area contributed by atoms with Crippen LogP contribution in [0.2, 0.25) is 0 Å². The fourth-order valence-corrected chi connectivity index (χ4v) is 3.36. The third-order valence-corrected chi connectivity index (χ3v) is 4.99. The molecule has 0 bridgehead atoms. The molecule has 0 saturated heterocycles. The quantitative estimate of drug-likeness (QED) is 0.757. The molecule has 4 rings (SSSR count). The van der Waals surface area contributed by atoms with Crippen molar-refractivity contribution in [1.29, 1.82) is 0 Å². The second kappa shape index (κ2) is 6.28. The summed E-state index contributed by atoms with van der Waals surface area (Å²) in [6, 6.07) is 18.7. The zero-order chi connectivity index (χ0) is 17.3. The van der Waals surface area contributed by atoms with Crippen LogP contribution in [0.4, 0.5) is 5.82 Å². The van der Waals surface area contributed by atoms with E-state index in [-0.39, 0.29) is 5.54 Å². The lowest BCUT2D eigenvalue weighted by atomic mass is 9.71. The number of hydrogen-bond donors (Lipinski definition) is 1. The van der Waals surface area contributed by atoms with Crippen molar-refractivity contribution in [3.05, 3.63) is 71.4 Å². The Morgan fingerprint density at radius 2 is 1.64 bits per heavy atom.